The highest BCUT2D eigenvalue weighted by Gasteiger charge is 2.08. The van der Waals surface area contributed by atoms with Crippen LogP contribution in [0.5, 0.6) is 11.5 Å². The summed E-state index contributed by atoms with van der Waals surface area (Å²) in [6, 6.07) is 20.5. The van der Waals surface area contributed by atoms with Gasteiger partial charge in [-0.3, -0.25) is 5.43 Å². The van der Waals surface area contributed by atoms with Gasteiger partial charge in [0.2, 0.25) is 5.13 Å². The van der Waals surface area contributed by atoms with Crippen LogP contribution < -0.4 is 14.9 Å². The van der Waals surface area contributed by atoms with Gasteiger partial charge in [0.05, 0.1) is 19.0 Å². The smallest absolute Gasteiger partial charge is 0.203 e. The van der Waals surface area contributed by atoms with Crippen molar-refractivity contribution in [1.29, 1.82) is 0 Å². The second kappa shape index (κ2) is 10.3. The Balaban J connectivity index is 1.39. The third kappa shape index (κ3) is 5.79. The maximum absolute atomic E-state index is 6.04. The van der Waals surface area contributed by atoms with Crippen molar-refractivity contribution < 1.29 is 9.47 Å². The fourth-order valence-corrected chi connectivity index (χ4v) is 4.01. The van der Waals surface area contributed by atoms with Crippen LogP contribution in [0.15, 0.2) is 71.1 Å². The van der Waals surface area contributed by atoms with Gasteiger partial charge in [-0.1, -0.05) is 53.6 Å². The highest BCUT2D eigenvalue weighted by Crippen LogP contribution is 2.29. The second-order valence-electron chi connectivity index (χ2n) is 7.90. The first-order valence-corrected chi connectivity index (χ1v) is 11.6. The average Bonchev–Trinajstić information content (AvgIpc) is 3.29. The van der Waals surface area contributed by atoms with Gasteiger partial charge < -0.3 is 9.47 Å². The number of nitrogens with zero attached hydrogens (tertiary/aromatic N) is 2. The number of hydrogen-bond donors (Lipinski definition) is 1. The number of methoxy groups -OCH3 is 1. The summed E-state index contributed by atoms with van der Waals surface area (Å²) in [5.74, 6) is 1.37. The third-order valence-corrected chi connectivity index (χ3v) is 6.05. The lowest BCUT2D eigenvalue weighted by Crippen LogP contribution is -2.00. The molecular formula is C27H27N3O2S. The van der Waals surface area contributed by atoms with E-state index < -0.39 is 0 Å². The van der Waals surface area contributed by atoms with E-state index in [1.807, 2.05) is 23.6 Å². The van der Waals surface area contributed by atoms with E-state index in [4.69, 9.17) is 9.47 Å². The molecule has 6 heteroatoms. The summed E-state index contributed by atoms with van der Waals surface area (Å²) in [4.78, 5) is 4.60. The van der Waals surface area contributed by atoms with Crippen molar-refractivity contribution >= 4 is 22.7 Å². The number of aromatic nitrogens is 1. The van der Waals surface area contributed by atoms with E-state index in [0.29, 0.717) is 18.1 Å². The molecule has 3 aromatic carbocycles. The van der Waals surface area contributed by atoms with E-state index >= 15 is 0 Å². The van der Waals surface area contributed by atoms with Gasteiger partial charge in [-0.2, -0.15) is 5.10 Å². The van der Waals surface area contributed by atoms with Gasteiger partial charge in [-0.15, -0.1) is 11.3 Å². The van der Waals surface area contributed by atoms with Crippen LogP contribution in [0.1, 0.15) is 27.8 Å². The first-order valence-electron chi connectivity index (χ1n) is 10.7. The Morgan fingerprint density at radius 2 is 1.73 bits per heavy atom. The maximum Gasteiger partial charge on any atom is 0.203 e. The summed E-state index contributed by atoms with van der Waals surface area (Å²) in [6.45, 7) is 6.74. The topological polar surface area (TPSA) is 55.7 Å². The molecule has 0 radical (unpaired) electrons. The minimum absolute atomic E-state index is 0.492. The van der Waals surface area contributed by atoms with Crippen molar-refractivity contribution in [2.75, 3.05) is 12.5 Å². The number of anilines is 1. The van der Waals surface area contributed by atoms with Crippen molar-refractivity contribution in [2.45, 2.75) is 27.4 Å². The molecule has 0 saturated heterocycles. The second-order valence-corrected chi connectivity index (χ2v) is 8.76. The highest BCUT2D eigenvalue weighted by molar-refractivity contribution is 7.14. The van der Waals surface area contributed by atoms with E-state index in [1.54, 1.807) is 13.3 Å². The largest absolute Gasteiger partial charge is 0.493 e. The number of ether oxygens (including phenoxy) is 2. The summed E-state index contributed by atoms with van der Waals surface area (Å²) < 4.78 is 11.6. The van der Waals surface area contributed by atoms with Gasteiger partial charge in [0.25, 0.3) is 0 Å². The predicted molar refractivity (Wildman–Crippen MR) is 137 cm³/mol. The Morgan fingerprint density at radius 1 is 0.939 bits per heavy atom. The first-order chi connectivity index (χ1) is 16.0. The Labute approximate surface area is 198 Å². The molecule has 0 spiro atoms. The van der Waals surface area contributed by atoms with E-state index in [0.717, 1.165) is 22.0 Å². The first kappa shape index (κ1) is 22.6. The van der Waals surface area contributed by atoms with Gasteiger partial charge in [0, 0.05) is 10.9 Å². The van der Waals surface area contributed by atoms with E-state index in [2.05, 4.69) is 78.7 Å². The molecule has 4 aromatic rings. The van der Waals surface area contributed by atoms with Crippen molar-refractivity contribution in [1.82, 2.24) is 4.98 Å². The van der Waals surface area contributed by atoms with Gasteiger partial charge in [0.1, 0.15) is 6.61 Å². The van der Waals surface area contributed by atoms with Gasteiger partial charge in [-0.05, 0) is 55.7 Å². The molecule has 33 heavy (non-hydrogen) atoms. The molecule has 0 bridgehead atoms. The van der Waals surface area contributed by atoms with Gasteiger partial charge in [0.15, 0.2) is 11.5 Å². The van der Waals surface area contributed by atoms with Crippen molar-refractivity contribution in [3.05, 3.63) is 93.9 Å². The normalized spacial score (nSPS) is 11.0. The number of rotatable bonds is 8. The number of benzene rings is 3. The van der Waals surface area contributed by atoms with Crippen molar-refractivity contribution in [3.63, 3.8) is 0 Å². The Hall–Kier alpha value is -3.64. The lowest BCUT2D eigenvalue weighted by atomic mass is 10.1. The summed E-state index contributed by atoms with van der Waals surface area (Å²) in [5.41, 5.74) is 10.8. The fourth-order valence-electron chi connectivity index (χ4n) is 3.34. The number of thiazole rings is 1. The third-order valence-electron chi connectivity index (χ3n) is 5.30. The van der Waals surface area contributed by atoms with Crippen LogP contribution in [0.2, 0.25) is 0 Å². The van der Waals surface area contributed by atoms with Crippen LogP contribution in [-0.4, -0.2) is 18.3 Å². The van der Waals surface area contributed by atoms with Crippen molar-refractivity contribution in [3.8, 4) is 22.8 Å². The van der Waals surface area contributed by atoms with E-state index in [-0.39, 0.29) is 0 Å². The van der Waals surface area contributed by atoms with Crippen LogP contribution in [0, 0.1) is 20.8 Å². The van der Waals surface area contributed by atoms with Crippen LogP contribution in [-0.2, 0) is 6.61 Å². The van der Waals surface area contributed by atoms with Gasteiger partial charge >= 0.3 is 0 Å². The molecule has 5 nitrogen and oxygen atoms in total. The quantitative estimate of drug-likeness (QED) is 0.234. The summed E-state index contributed by atoms with van der Waals surface area (Å²) in [6.07, 6.45) is 1.74. The van der Waals surface area contributed by atoms with E-state index in [9.17, 15) is 0 Å². The number of nitrogens with one attached hydrogen (secondary N) is 1. The predicted octanol–water partition coefficient (Wildman–Crippen LogP) is 6.77. The molecule has 0 fully saturated rings. The minimum atomic E-state index is 0.492. The molecule has 0 atom stereocenters. The molecular weight excluding hydrogens is 430 g/mol. The number of hydrogen-bond acceptors (Lipinski definition) is 6. The van der Waals surface area contributed by atoms with E-state index in [1.165, 1.54) is 33.6 Å². The van der Waals surface area contributed by atoms with Gasteiger partial charge in [-0.25, -0.2) is 4.98 Å². The fraction of sp³-hybridized carbons (Fsp3) is 0.185. The lowest BCUT2D eigenvalue weighted by molar-refractivity contribution is 0.284. The molecule has 0 aliphatic heterocycles. The zero-order valence-electron chi connectivity index (χ0n) is 19.3. The lowest BCUT2D eigenvalue weighted by Gasteiger charge is -2.13. The number of aryl methyl sites for hydroxylation is 3. The van der Waals surface area contributed by atoms with Crippen molar-refractivity contribution in [2.24, 2.45) is 5.10 Å². The summed E-state index contributed by atoms with van der Waals surface area (Å²) in [7, 11) is 1.64. The molecule has 0 unspecified atom stereocenters. The average molecular weight is 458 g/mol. The summed E-state index contributed by atoms with van der Waals surface area (Å²) >= 11 is 1.52. The minimum Gasteiger partial charge on any atom is -0.493 e. The standard InChI is InChI=1S/C27H27N3O2S/c1-18-6-10-22(11-7-18)24-17-33-27(29-24)30-28-15-21-9-12-25(26(14-21)31-4)32-16-23-13-19(2)5-8-20(23)3/h5-15,17H,16H2,1-4H3,(H,29,30)/b28-15-. The highest BCUT2D eigenvalue weighted by atomic mass is 32.1. The SMILES string of the molecule is COc1cc(/C=N\Nc2nc(-c3ccc(C)cc3)cs2)ccc1OCc1cc(C)ccc1C. The Morgan fingerprint density at radius 3 is 2.52 bits per heavy atom. The van der Waals surface area contributed by atoms with Crippen LogP contribution in [0.3, 0.4) is 0 Å². The number of hydrazone groups is 1. The maximum atomic E-state index is 6.04. The summed E-state index contributed by atoms with van der Waals surface area (Å²) in [5, 5.41) is 7.09. The van der Waals surface area contributed by atoms with Crippen LogP contribution in [0.4, 0.5) is 5.13 Å². The molecule has 0 aliphatic carbocycles. The molecule has 4 rings (SSSR count). The van der Waals surface area contributed by atoms with Crippen LogP contribution >= 0.6 is 11.3 Å². The molecule has 0 saturated carbocycles. The molecule has 1 aromatic heterocycles. The zero-order valence-corrected chi connectivity index (χ0v) is 20.1. The monoisotopic (exact) mass is 457 g/mol. The Kier molecular flexibility index (Phi) is 7.05. The zero-order chi connectivity index (χ0) is 23.2. The molecule has 0 amide bonds. The Bertz CT molecular complexity index is 1260. The van der Waals surface area contributed by atoms with Crippen LogP contribution in [0.25, 0.3) is 11.3 Å². The molecule has 0 aliphatic rings. The molecule has 1 heterocycles. The molecule has 168 valence electrons. The molecule has 1 N–H and O–H groups in total.